The first kappa shape index (κ1) is 13.5. The second kappa shape index (κ2) is 4.82. The summed E-state index contributed by atoms with van der Waals surface area (Å²) in [7, 11) is 0. The predicted molar refractivity (Wildman–Crippen MR) is 86.5 cm³/mol. The van der Waals surface area contributed by atoms with Gasteiger partial charge in [-0.2, -0.15) is 0 Å². The fourth-order valence-electron chi connectivity index (χ4n) is 3.10. The van der Waals surface area contributed by atoms with Gasteiger partial charge in [0.15, 0.2) is 0 Å². The zero-order valence-corrected chi connectivity index (χ0v) is 13.0. The third-order valence-corrected chi connectivity index (χ3v) is 4.44. The van der Waals surface area contributed by atoms with Gasteiger partial charge in [-0.1, -0.05) is 49.2 Å². The summed E-state index contributed by atoms with van der Waals surface area (Å²) in [4.78, 5) is 0. The molecule has 1 unspecified atom stereocenters. The van der Waals surface area contributed by atoms with E-state index in [4.69, 9.17) is 11.6 Å². The molecule has 0 saturated heterocycles. The molecule has 0 bridgehead atoms. The topological polar surface area (TPSA) is 12.0 Å². The molecule has 3 rings (SSSR count). The molecule has 0 spiro atoms. The fraction of sp³-hybridized carbons (Fsp3) is 0.333. The van der Waals surface area contributed by atoms with Crippen LogP contribution in [0.5, 0.6) is 0 Å². The molecule has 0 amide bonds. The van der Waals surface area contributed by atoms with Gasteiger partial charge in [0, 0.05) is 10.7 Å². The quantitative estimate of drug-likeness (QED) is 0.781. The van der Waals surface area contributed by atoms with Crippen LogP contribution in [0.4, 0.5) is 5.69 Å². The van der Waals surface area contributed by atoms with Crippen molar-refractivity contribution in [1.29, 1.82) is 0 Å². The average molecular weight is 286 g/mol. The van der Waals surface area contributed by atoms with Gasteiger partial charge in [0.1, 0.15) is 0 Å². The molecular weight excluding hydrogens is 266 g/mol. The molecule has 0 aromatic heterocycles. The lowest BCUT2D eigenvalue weighted by atomic mass is 9.85. The van der Waals surface area contributed by atoms with Gasteiger partial charge >= 0.3 is 0 Å². The lowest BCUT2D eigenvalue weighted by Crippen LogP contribution is -2.24. The molecule has 1 aliphatic rings. The number of aryl methyl sites for hydroxylation is 1. The molecule has 2 heteroatoms. The van der Waals surface area contributed by atoms with Crippen LogP contribution < -0.4 is 5.32 Å². The maximum absolute atomic E-state index is 6.18. The molecule has 1 N–H and O–H groups in total. The van der Waals surface area contributed by atoms with Crippen LogP contribution in [0.25, 0.3) is 0 Å². The van der Waals surface area contributed by atoms with Gasteiger partial charge in [-0.15, -0.1) is 0 Å². The zero-order chi connectivity index (χ0) is 14.3. The van der Waals surface area contributed by atoms with Crippen molar-refractivity contribution in [2.75, 3.05) is 5.32 Å². The number of nitrogens with one attached hydrogen (secondary N) is 1. The highest BCUT2D eigenvalue weighted by Crippen LogP contribution is 2.47. The average Bonchev–Trinajstić information content (AvgIpc) is 2.63. The maximum Gasteiger partial charge on any atom is 0.0571 e. The third kappa shape index (κ3) is 2.43. The van der Waals surface area contributed by atoms with Crippen molar-refractivity contribution in [3.63, 3.8) is 0 Å². The summed E-state index contributed by atoms with van der Waals surface area (Å²) in [6.07, 6.45) is 1.09. The Kier molecular flexibility index (Phi) is 3.25. The molecule has 104 valence electrons. The van der Waals surface area contributed by atoms with Gasteiger partial charge in [-0.05, 0) is 54.2 Å². The van der Waals surface area contributed by atoms with Crippen molar-refractivity contribution < 1.29 is 0 Å². The number of hydrogen-bond donors (Lipinski definition) is 1. The Morgan fingerprint density at radius 3 is 2.50 bits per heavy atom. The monoisotopic (exact) mass is 285 g/mol. The highest BCUT2D eigenvalue weighted by molar-refractivity contribution is 6.30. The number of anilines is 1. The van der Waals surface area contributed by atoms with Gasteiger partial charge in [0.2, 0.25) is 0 Å². The highest BCUT2D eigenvalue weighted by Gasteiger charge is 2.38. The molecule has 0 saturated carbocycles. The van der Waals surface area contributed by atoms with Crippen LogP contribution in [0, 0.1) is 12.3 Å². The number of fused-ring (bicyclic) bond motifs is 1. The Balaban J connectivity index is 1.95. The van der Waals surface area contributed by atoms with Crippen molar-refractivity contribution in [1.82, 2.24) is 0 Å². The molecule has 0 fully saturated rings. The third-order valence-electron chi connectivity index (χ3n) is 4.21. The van der Waals surface area contributed by atoms with Crippen LogP contribution in [0.2, 0.25) is 5.02 Å². The van der Waals surface area contributed by atoms with E-state index in [2.05, 4.69) is 62.5 Å². The van der Waals surface area contributed by atoms with Gasteiger partial charge in [-0.25, -0.2) is 0 Å². The van der Waals surface area contributed by atoms with E-state index in [1.807, 2.05) is 6.07 Å². The van der Waals surface area contributed by atoms with Crippen molar-refractivity contribution in [2.45, 2.75) is 33.2 Å². The van der Waals surface area contributed by atoms with Crippen LogP contribution in [-0.2, 0) is 6.42 Å². The van der Waals surface area contributed by atoms with E-state index < -0.39 is 0 Å². The van der Waals surface area contributed by atoms with Gasteiger partial charge in [0.25, 0.3) is 0 Å². The minimum atomic E-state index is 0.192. The Morgan fingerprint density at radius 2 is 1.80 bits per heavy atom. The summed E-state index contributed by atoms with van der Waals surface area (Å²) in [6.45, 7) is 6.73. The number of hydrogen-bond acceptors (Lipinski definition) is 1. The van der Waals surface area contributed by atoms with Gasteiger partial charge in [-0.3, -0.25) is 0 Å². The maximum atomic E-state index is 6.18. The van der Waals surface area contributed by atoms with E-state index in [0.29, 0.717) is 6.04 Å². The summed E-state index contributed by atoms with van der Waals surface area (Å²) in [5, 5.41) is 4.50. The summed E-state index contributed by atoms with van der Waals surface area (Å²) < 4.78 is 0. The summed E-state index contributed by atoms with van der Waals surface area (Å²) in [5.74, 6) is 0. The van der Waals surface area contributed by atoms with Crippen LogP contribution in [0.1, 0.15) is 36.6 Å². The Hall–Kier alpha value is -1.47. The van der Waals surface area contributed by atoms with Crippen molar-refractivity contribution in [2.24, 2.45) is 5.41 Å². The van der Waals surface area contributed by atoms with Crippen molar-refractivity contribution in [3.8, 4) is 0 Å². The minimum absolute atomic E-state index is 0.192. The molecule has 1 nitrogen and oxygen atoms in total. The lowest BCUT2D eigenvalue weighted by Gasteiger charge is -2.29. The molecule has 2 aromatic rings. The SMILES string of the molecule is Cc1ccc(NC2c3cc(Cl)ccc3CC2(C)C)cc1. The van der Waals surface area contributed by atoms with Crippen LogP contribution >= 0.6 is 11.6 Å². The largest absolute Gasteiger partial charge is 0.378 e. The summed E-state index contributed by atoms with van der Waals surface area (Å²) in [5.41, 5.74) is 5.39. The van der Waals surface area contributed by atoms with E-state index in [9.17, 15) is 0 Å². The van der Waals surface area contributed by atoms with Crippen LogP contribution in [0.15, 0.2) is 42.5 Å². The lowest BCUT2D eigenvalue weighted by molar-refractivity contribution is 0.337. The van der Waals surface area contributed by atoms with E-state index in [-0.39, 0.29) is 5.41 Å². The highest BCUT2D eigenvalue weighted by atomic mass is 35.5. The Morgan fingerprint density at radius 1 is 1.10 bits per heavy atom. The van der Waals surface area contributed by atoms with Crippen LogP contribution in [0.3, 0.4) is 0 Å². The first-order chi connectivity index (χ1) is 9.45. The standard InChI is InChI=1S/C18H20ClN/c1-12-4-8-15(9-5-12)20-17-16-10-14(19)7-6-13(16)11-18(17,2)3/h4-10,17,20H,11H2,1-3H3. The van der Waals surface area contributed by atoms with Crippen molar-refractivity contribution in [3.05, 3.63) is 64.2 Å². The molecule has 0 heterocycles. The molecule has 0 aliphatic heterocycles. The first-order valence-electron chi connectivity index (χ1n) is 7.07. The number of halogens is 1. The number of rotatable bonds is 2. The first-order valence-corrected chi connectivity index (χ1v) is 7.45. The minimum Gasteiger partial charge on any atom is -0.378 e. The van der Waals surface area contributed by atoms with E-state index in [1.54, 1.807) is 0 Å². The normalized spacial score (nSPS) is 19.7. The summed E-state index contributed by atoms with van der Waals surface area (Å²) in [6, 6.07) is 15.1. The molecule has 0 radical (unpaired) electrons. The fourth-order valence-corrected chi connectivity index (χ4v) is 3.28. The second-order valence-electron chi connectivity index (χ2n) is 6.45. The van der Waals surface area contributed by atoms with E-state index in [1.165, 1.54) is 22.4 Å². The second-order valence-corrected chi connectivity index (χ2v) is 6.89. The van der Waals surface area contributed by atoms with Crippen LogP contribution in [-0.4, -0.2) is 0 Å². The van der Waals surface area contributed by atoms with E-state index >= 15 is 0 Å². The molecule has 20 heavy (non-hydrogen) atoms. The van der Waals surface area contributed by atoms with E-state index in [0.717, 1.165) is 11.4 Å². The summed E-state index contributed by atoms with van der Waals surface area (Å²) >= 11 is 6.18. The van der Waals surface area contributed by atoms with Gasteiger partial charge in [0.05, 0.1) is 6.04 Å². The molecule has 1 atom stereocenters. The zero-order valence-electron chi connectivity index (χ0n) is 12.2. The Bertz CT molecular complexity index is 628. The smallest absolute Gasteiger partial charge is 0.0571 e. The molecular formula is C18H20ClN. The Labute approximate surface area is 126 Å². The molecule has 2 aromatic carbocycles. The van der Waals surface area contributed by atoms with Gasteiger partial charge < -0.3 is 5.32 Å². The molecule has 1 aliphatic carbocycles. The van der Waals surface area contributed by atoms with Crippen molar-refractivity contribution >= 4 is 17.3 Å². The number of benzene rings is 2. The predicted octanol–water partition coefficient (Wildman–Crippen LogP) is 5.38.